The first-order valence-electron chi connectivity index (χ1n) is 14.0. The number of carbonyl (C=O) groups excluding carboxylic acids is 5. The summed E-state index contributed by atoms with van der Waals surface area (Å²) >= 11 is 0. The molecule has 16 nitrogen and oxygen atoms in total. The molecule has 0 aromatic carbocycles. The largest absolute Gasteiger partial charge is 0.480 e. The van der Waals surface area contributed by atoms with Gasteiger partial charge in [0.25, 0.3) is 0 Å². The molecular weight excluding hydrogens is 550 g/mol. The zero-order valence-electron chi connectivity index (χ0n) is 25.4. The van der Waals surface area contributed by atoms with E-state index in [-0.39, 0.29) is 37.2 Å². The van der Waals surface area contributed by atoms with Crippen LogP contribution in [0, 0.1) is 11.8 Å². The number of nitrogens with two attached hydrogens (primary N) is 3. The van der Waals surface area contributed by atoms with Gasteiger partial charge in [-0.2, -0.15) is 0 Å². The van der Waals surface area contributed by atoms with Gasteiger partial charge in [-0.1, -0.05) is 27.7 Å². The third-order valence-corrected chi connectivity index (χ3v) is 5.85. The van der Waals surface area contributed by atoms with E-state index >= 15 is 0 Å². The first-order valence-corrected chi connectivity index (χ1v) is 14.0. The molecule has 0 aliphatic heterocycles. The Morgan fingerprint density at radius 1 is 0.714 bits per heavy atom. The van der Waals surface area contributed by atoms with E-state index in [4.69, 9.17) is 17.2 Å². The normalized spacial score (nSPS) is 14.5. The summed E-state index contributed by atoms with van der Waals surface area (Å²) in [5.74, 6) is -4.48. The highest BCUT2D eigenvalue weighted by Crippen LogP contribution is 2.07. The molecule has 16 heteroatoms. The predicted octanol–water partition coefficient (Wildman–Crippen LogP) is -2.36. The van der Waals surface area contributed by atoms with Crippen LogP contribution in [-0.2, 0) is 28.8 Å². The van der Waals surface area contributed by atoms with Crippen LogP contribution in [0.4, 0.5) is 0 Å². The Hall–Kier alpha value is -3.95. The molecule has 0 fully saturated rings. The van der Waals surface area contributed by atoms with Gasteiger partial charge >= 0.3 is 5.97 Å². The molecular formula is C26H49N9O7. The zero-order valence-corrected chi connectivity index (χ0v) is 25.4. The molecule has 0 aliphatic carbocycles. The molecule has 0 aromatic heterocycles. The molecule has 240 valence electrons. The molecule has 0 saturated heterocycles. The van der Waals surface area contributed by atoms with Crippen molar-refractivity contribution in [3.63, 3.8) is 0 Å². The van der Waals surface area contributed by atoms with Gasteiger partial charge in [0.2, 0.25) is 29.5 Å². The molecule has 0 saturated carbocycles. The fraction of sp³-hybridized carbons (Fsp3) is 0.731. The molecule has 0 rings (SSSR count). The second kappa shape index (κ2) is 19.2. The summed E-state index contributed by atoms with van der Waals surface area (Å²) in [5, 5.41) is 21.9. The molecule has 12 N–H and O–H groups in total. The lowest BCUT2D eigenvalue weighted by Gasteiger charge is -2.24. The van der Waals surface area contributed by atoms with Crippen LogP contribution in [-0.4, -0.2) is 89.9 Å². The van der Waals surface area contributed by atoms with E-state index in [0.717, 1.165) is 0 Å². The first kappa shape index (κ1) is 38.0. The minimum atomic E-state index is -1.26. The van der Waals surface area contributed by atoms with Crippen molar-refractivity contribution in [2.75, 3.05) is 13.1 Å². The number of guanidine groups is 1. The van der Waals surface area contributed by atoms with Crippen molar-refractivity contribution in [3.8, 4) is 0 Å². The second-order valence-electron chi connectivity index (χ2n) is 11.0. The van der Waals surface area contributed by atoms with E-state index in [1.165, 1.54) is 13.8 Å². The Kier molecular flexibility index (Phi) is 17.4. The third kappa shape index (κ3) is 16.3. The minimum absolute atomic E-state index is 0.0229. The van der Waals surface area contributed by atoms with E-state index in [1.807, 2.05) is 27.7 Å². The number of carboxylic acid groups (broad SMARTS) is 1. The van der Waals surface area contributed by atoms with Crippen LogP contribution < -0.4 is 43.8 Å². The second-order valence-corrected chi connectivity index (χ2v) is 11.0. The van der Waals surface area contributed by atoms with Crippen LogP contribution in [0.1, 0.15) is 67.2 Å². The lowest BCUT2D eigenvalue weighted by molar-refractivity contribution is -0.142. The highest BCUT2D eigenvalue weighted by atomic mass is 16.4. The van der Waals surface area contributed by atoms with Gasteiger partial charge in [-0.15, -0.1) is 0 Å². The maximum Gasteiger partial charge on any atom is 0.326 e. The van der Waals surface area contributed by atoms with E-state index in [2.05, 4.69) is 31.6 Å². The Balaban J connectivity index is 5.19. The topological polar surface area (TPSA) is 273 Å². The molecule has 0 aliphatic rings. The molecule has 5 atom stereocenters. The maximum absolute atomic E-state index is 13.0. The highest BCUT2D eigenvalue weighted by Gasteiger charge is 2.28. The zero-order chi connectivity index (χ0) is 32.6. The summed E-state index contributed by atoms with van der Waals surface area (Å²) in [6.45, 7) is 10.0. The van der Waals surface area contributed by atoms with Crippen LogP contribution in [0.25, 0.3) is 0 Å². The van der Waals surface area contributed by atoms with Crippen LogP contribution >= 0.6 is 0 Å². The number of nitrogens with one attached hydrogen (secondary N) is 5. The van der Waals surface area contributed by atoms with Crippen LogP contribution in [0.5, 0.6) is 0 Å². The molecule has 5 amide bonds. The minimum Gasteiger partial charge on any atom is -0.480 e. The monoisotopic (exact) mass is 599 g/mol. The summed E-state index contributed by atoms with van der Waals surface area (Å²) in [4.78, 5) is 78.2. The van der Waals surface area contributed by atoms with Crippen molar-refractivity contribution >= 4 is 41.5 Å². The predicted molar refractivity (Wildman–Crippen MR) is 157 cm³/mol. The Labute approximate surface area is 246 Å². The van der Waals surface area contributed by atoms with Gasteiger partial charge in [0.1, 0.15) is 24.2 Å². The number of aliphatic carboxylic acids is 1. The van der Waals surface area contributed by atoms with Crippen molar-refractivity contribution in [2.45, 2.75) is 97.4 Å². The van der Waals surface area contributed by atoms with Crippen LogP contribution in [0.15, 0.2) is 4.99 Å². The maximum atomic E-state index is 13.0. The smallest absolute Gasteiger partial charge is 0.326 e. The molecule has 42 heavy (non-hydrogen) atoms. The standard InChI is InChI=1S/C26H49N9O7/c1-13(2)10-18(35-21(37)15(5)27)23(39)31-12-20(36)33-19(11-14(3)4)24(40)32-16(6)22(38)34-17(25(41)42)8-7-9-30-26(28)29/h13-19H,7-12,27H2,1-6H3,(H,31,39)(H,32,40)(H,33,36)(H,34,38)(H,35,37)(H,41,42)(H4,28,29,30)/t15-,16-,17-,18-,19-/m0/s1. The molecule has 0 aromatic rings. The fourth-order valence-electron chi connectivity index (χ4n) is 3.68. The Morgan fingerprint density at radius 3 is 1.71 bits per heavy atom. The highest BCUT2D eigenvalue weighted by molar-refractivity contribution is 5.95. The Morgan fingerprint density at radius 2 is 1.24 bits per heavy atom. The summed E-state index contributed by atoms with van der Waals surface area (Å²) in [6.07, 6.45) is 0.904. The molecule has 0 heterocycles. The number of carboxylic acids is 1. The first-order chi connectivity index (χ1) is 19.4. The number of amides is 5. The molecule has 0 spiro atoms. The summed E-state index contributed by atoms with van der Waals surface area (Å²) in [5.41, 5.74) is 16.1. The quantitative estimate of drug-likeness (QED) is 0.0432. The van der Waals surface area contributed by atoms with Crippen molar-refractivity contribution in [1.29, 1.82) is 0 Å². The van der Waals surface area contributed by atoms with Gasteiger partial charge in [0.05, 0.1) is 12.6 Å². The van der Waals surface area contributed by atoms with Crippen molar-refractivity contribution < 1.29 is 33.9 Å². The lowest BCUT2D eigenvalue weighted by atomic mass is 10.0. The van der Waals surface area contributed by atoms with Gasteiger partial charge in [0.15, 0.2) is 5.96 Å². The van der Waals surface area contributed by atoms with Crippen molar-refractivity contribution in [1.82, 2.24) is 26.6 Å². The number of nitrogens with zero attached hydrogens (tertiary/aromatic N) is 1. The SMILES string of the molecule is CC(C)C[C@H](NC(=O)CNC(=O)[C@H](CC(C)C)NC(=O)[C@H](C)N)C(=O)N[C@@H](C)C(=O)N[C@@H](CCCN=C(N)N)C(=O)O. The number of carbonyl (C=O) groups is 6. The van der Waals surface area contributed by atoms with Crippen LogP contribution in [0.2, 0.25) is 0 Å². The summed E-state index contributed by atoms with van der Waals surface area (Å²) in [6, 6.07) is -5.09. The van der Waals surface area contributed by atoms with E-state index in [1.54, 1.807) is 0 Å². The van der Waals surface area contributed by atoms with Gasteiger partial charge in [-0.05, 0) is 51.4 Å². The van der Waals surface area contributed by atoms with E-state index < -0.39 is 72.3 Å². The molecule has 0 bridgehead atoms. The molecule has 0 radical (unpaired) electrons. The van der Waals surface area contributed by atoms with Crippen molar-refractivity contribution in [3.05, 3.63) is 0 Å². The average Bonchev–Trinajstić information content (AvgIpc) is 2.86. The average molecular weight is 600 g/mol. The number of hydrogen-bond acceptors (Lipinski definition) is 8. The molecule has 0 unspecified atom stereocenters. The third-order valence-electron chi connectivity index (χ3n) is 5.85. The van der Waals surface area contributed by atoms with E-state index in [9.17, 15) is 33.9 Å². The van der Waals surface area contributed by atoms with Gasteiger partial charge < -0.3 is 48.9 Å². The number of rotatable bonds is 19. The van der Waals surface area contributed by atoms with Gasteiger partial charge in [-0.25, -0.2) is 4.79 Å². The number of aliphatic imine (C=N–C) groups is 1. The summed E-state index contributed by atoms with van der Waals surface area (Å²) in [7, 11) is 0. The summed E-state index contributed by atoms with van der Waals surface area (Å²) < 4.78 is 0. The fourth-order valence-corrected chi connectivity index (χ4v) is 3.68. The number of hydrogen-bond donors (Lipinski definition) is 9. The lowest BCUT2D eigenvalue weighted by Crippen LogP contribution is -2.56. The van der Waals surface area contributed by atoms with Gasteiger partial charge in [-0.3, -0.25) is 29.0 Å². The Bertz CT molecular complexity index is 966. The van der Waals surface area contributed by atoms with E-state index in [0.29, 0.717) is 12.8 Å². The van der Waals surface area contributed by atoms with Crippen molar-refractivity contribution in [2.24, 2.45) is 34.0 Å². The van der Waals surface area contributed by atoms with Crippen LogP contribution in [0.3, 0.4) is 0 Å². The van der Waals surface area contributed by atoms with Gasteiger partial charge in [0, 0.05) is 6.54 Å².